The zero-order chi connectivity index (χ0) is 17.0. The van der Waals surface area contributed by atoms with Gasteiger partial charge in [-0.1, -0.05) is 30.3 Å². The first-order valence-corrected chi connectivity index (χ1v) is 10.7. The molecule has 1 saturated heterocycles. The Kier molecular flexibility index (Phi) is 5.61. The molecular weight excluding hydrogens is 340 g/mol. The molecule has 4 nitrogen and oxygen atoms in total. The van der Waals surface area contributed by atoms with Gasteiger partial charge in [0.05, 0.1) is 4.90 Å². The number of sulfonamides is 1. The lowest BCUT2D eigenvalue weighted by Crippen LogP contribution is -2.48. The fraction of sp³-hybridized carbons (Fsp3) is 0.333. The van der Waals surface area contributed by atoms with Crippen LogP contribution >= 0.6 is 11.8 Å². The van der Waals surface area contributed by atoms with Crippen LogP contribution in [0.15, 0.2) is 64.4 Å². The summed E-state index contributed by atoms with van der Waals surface area (Å²) in [5.74, 6) is 0. The quantitative estimate of drug-likeness (QED) is 0.767. The summed E-state index contributed by atoms with van der Waals surface area (Å²) in [4.78, 5) is 3.76. The highest BCUT2D eigenvalue weighted by Gasteiger charge is 2.28. The first-order valence-electron chi connectivity index (χ1n) is 8.00. The van der Waals surface area contributed by atoms with Crippen molar-refractivity contribution in [1.82, 2.24) is 9.21 Å². The normalized spacial score (nSPS) is 17.0. The van der Waals surface area contributed by atoms with E-state index < -0.39 is 10.0 Å². The third kappa shape index (κ3) is 4.00. The van der Waals surface area contributed by atoms with Crippen molar-refractivity contribution in [1.29, 1.82) is 0 Å². The van der Waals surface area contributed by atoms with Gasteiger partial charge >= 0.3 is 0 Å². The molecule has 0 aromatic heterocycles. The molecule has 0 N–H and O–H groups in total. The molecule has 0 unspecified atom stereocenters. The van der Waals surface area contributed by atoms with Crippen LogP contribution in [0.1, 0.15) is 5.56 Å². The molecule has 1 aliphatic heterocycles. The van der Waals surface area contributed by atoms with E-state index in [1.807, 2.05) is 36.6 Å². The summed E-state index contributed by atoms with van der Waals surface area (Å²) in [6, 6.07) is 17.4. The van der Waals surface area contributed by atoms with Crippen molar-refractivity contribution in [3.63, 3.8) is 0 Å². The van der Waals surface area contributed by atoms with Gasteiger partial charge in [0.15, 0.2) is 0 Å². The molecule has 1 aliphatic rings. The zero-order valence-electron chi connectivity index (χ0n) is 13.8. The van der Waals surface area contributed by atoms with Crippen LogP contribution in [0.25, 0.3) is 0 Å². The monoisotopic (exact) mass is 362 g/mol. The number of hydrogen-bond donors (Lipinski definition) is 0. The molecule has 6 heteroatoms. The fourth-order valence-electron chi connectivity index (χ4n) is 2.87. The van der Waals surface area contributed by atoms with Gasteiger partial charge in [0.2, 0.25) is 10.0 Å². The first-order chi connectivity index (χ1) is 11.6. The van der Waals surface area contributed by atoms with E-state index in [0.717, 1.165) is 24.5 Å². The minimum atomic E-state index is -3.39. The summed E-state index contributed by atoms with van der Waals surface area (Å²) in [6.07, 6.45) is 1.98. The molecule has 0 saturated carbocycles. The maximum absolute atomic E-state index is 12.8. The average molecular weight is 363 g/mol. The third-order valence-electron chi connectivity index (χ3n) is 4.28. The highest BCUT2D eigenvalue weighted by molar-refractivity contribution is 7.98. The van der Waals surface area contributed by atoms with Crippen molar-refractivity contribution in [3.05, 3.63) is 60.2 Å². The summed E-state index contributed by atoms with van der Waals surface area (Å²) in [7, 11) is -3.39. The van der Waals surface area contributed by atoms with E-state index in [9.17, 15) is 8.42 Å². The van der Waals surface area contributed by atoms with Gasteiger partial charge < -0.3 is 0 Å². The van der Waals surface area contributed by atoms with E-state index in [2.05, 4.69) is 17.0 Å². The molecule has 24 heavy (non-hydrogen) atoms. The lowest BCUT2D eigenvalue weighted by molar-refractivity contribution is 0.181. The second-order valence-corrected chi connectivity index (χ2v) is 8.66. The molecular formula is C18H22N2O2S2. The van der Waals surface area contributed by atoms with Gasteiger partial charge in [0.1, 0.15) is 0 Å². The van der Waals surface area contributed by atoms with Gasteiger partial charge in [0, 0.05) is 37.6 Å². The van der Waals surface area contributed by atoms with Crippen LogP contribution < -0.4 is 0 Å². The lowest BCUT2D eigenvalue weighted by Gasteiger charge is -2.34. The number of piperazine rings is 1. The van der Waals surface area contributed by atoms with Gasteiger partial charge in [-0.25, -0.2) is 8.42 Å². The van der Waals surface area contributed by atoms with Crippen LogP contribution in [0.2, 0.25) is 0 Å². The zero-order valence-corrected chi connectivity index (χ0v) is 15.4. The molecule has 0 amide bonds. The Morgan fingerprint density at radius 1 is 0.917 bits per heavy atom. The minimum absolute atomic E-state index is 0.386. The Balaban J connectivity index is 1.62. The largest absolute Gasteiger partial charge is 0.296 e. The standard InChI is InChI=1S/C18H22N2O2S2/c1-23-17-7-9-18(10-8-17)24(21,22)20-13-11-19(12-14-20)15-16-5-3-2-4-6-16/h2-10H,11-15H2,1H3. The Labute approximate surface area is 148 Å². The van der Waals surface area contributed by atoms with Crippen LogP contribution in [0.3, 0.4) is 0 Å². The van der Waals surface area contributed by atoms with E-state index in [1.54, 1.807) is 28.2 Å². The topological polar surface area (TPSA) is 40.6 Å². The van der Waals surface area contributed by atoms with Gasteiger partial charge in [-0.3, -0.25) is 4.90 Å². The fourth-order valence-corrected chi connectivity index (χ4v) is 4.70. The molecule has 2 aromatic rings. The maximum Gasteiger partial charge on any atom is 0.243 e. The number of nitrogens with zero attached hydrogens (tertiary/aromatic N) is 2. The predicted molar refractivity (Wildman–Crippen MR) is 98.7 cm³/mol. The Bertz CT molecular complexity index is 753. The molecule has 1 heterocycles. The molecule has 0 atom stereocenters. The molecule has 1 fully saturated rings. The van der Waals surface area contributed by atoms with Crippen molar-refractivity contribution in [2.45, 2.75) is 16.3 Å². The Morgan fingerprint density at radius 2 is 1.54 bits per heavy atom. The number of benzene rings is 2. The van der Waals surface area contributed by atoms with Crippen molar-refractivity contribution in [3.8, 4) is 0 Å². The minimum Gasteiger partial charge on any atom is -0.296 e. The van der Waals surface area contributed by atoms with Crippen molar-refractivity contribution < 1.29 is 8.42 Å². The Hall–Kier alpha value is -1.34. The molecule has 0 spiro atoms. The molecule has 2 aromatic carbocycles. The predicted octanol–water partition coefficient (Wildman–Crippen LogP) is 2.92. The second kappa shape index (κ2) is 7.70. The van der Waals surface area contributed by atoms with Crippen molar-refractivity contribution >= 4 is 21.8 Å². The molecule has 3 rings (SSSR count). The molecule has 0 radical (unpaired) electrons. The van der Waals surface area contributed by atoms with Crippen LogP contribution in [0.4, 0.5) is 0 Å². The molecule has 0 bridgehead atoms. The average Bonchev–Trinajstić information content (AvgIpc) is 2.63. The van der Waals surface area contributed by atoms with E-state index in [-0.39, 0.29) is 0 Å². The highest BCUT2D eigenvalue weighted by Crippen LogP contribution is 2.21. The van der Waals surface area contributed by atoms with Gasteiger partial charge in [-0.15, -0.1) is 11.8 Å². The van der Waals surface area contributed by atoms with E-state index in [4.69, 9.17) is 0 Å². The third-order valence-corrected chi connectivity index (χ3v) is 6.93. The SMILES string of the molecule is CSc1ccc(S(=O)(=O)N2CCN(Cc3ccccc3)CC2)cc1. The summed E-state index contributed by atoms with van der Waals surface area (Å²) in [6.45, 7) is 3.48. The number of rotatable bonds is 5. The van der Waals surface area contributed by atoms with Crippen LogP contribution in [-0.4, -0.2) is 50.1 Å². The van der Waals surface area contributed by atoms with Crippen LogP contribution in [0, 0.1) is 0 Å². The summed E-state index contributed by atoms with van der Waals surface area (Å²) in [5.41, 5.74) is 1.27. The summed E-state index contributed by atoms with van der Waals surface area (Å²) in [5, 5.41) is 0. The first kappa shape index (κ1) is 17.5. The van der Waals surface area contributed by atoms with Crippen LogP contribution in [-0.2, 0) is 16.6 Å². The smallest absolute Gasteiger partial charge is 0.243 e. The molecule has 0 aliphatic carbocycles. The van der Waals surface area contributed by atoms with Crippen LogP contribution in [0.5, 0.6) is 0 Å². The Morgan fingerprint density at radius 3 is 2.12 bits per heavy atom. The molecule has 128 valence electrons. The summed E-state index contributed by atoms with van der Waals surface area (Å²) < 4.78 is 27.1. The second-order valence-electron chi connectivity index (χ2n) is 5.84. The van der Waals surface area contributed by atoms with E-state index >= 15 is 0 Å². The van der Waals surface area contributed by atoms with E-state index in [1.165, 1.54) is 5.56 Å². The van der Waals surface area contributed by atoms with Gasteiger partial charge in [-0.2, -0.15) is 4.31 Å². The number of hydrogen-bond acceptors (Lipinski definition) is 4. The highest BCUT2D eigenvalue weighted by atomic mass is 32.2. The number of thioether (sulfide) groups is 1. The van der Waals surface area contributed by atoms with Crippen molar-refractivity contribution in [2.24, 2.45) is 0 Å². The van der Waals surface area contributed by atoms with Gasteiger partial charge in [-0.05, 0) is 36.1 Å². The van der Waals surface area contributed by atoms with E-state index in [0.29, 0.717) is 18.0 Å². The maximum atomic E-state index is 12.8. The lowest BCUT2D eigenvalue weighted by atomic mass is 10.2. The van der Waals surface area contributed by atoms with Gasteiger partial charge in [0.25, 0.3) is 0 Å². The summed E-state index contributed by atoms with van der Waals surface area (Å²) >= 11 is 1.61. The van der Waals surface area contributed by atoms with Crippen molar-refractivity contribution in [2.75, 3.05) is 32.4 Å².